The summed E-state index contributed by atoms with van der Waals surface area (Å²) in [4.78, 5) is 24.5. The second-order valence-corrected chi connectivity index (χ2v) is 9.11. The van der Waals surface area contributed by atoms with Crippen molar-refractivity contribution in [1.82, 2.24) is 0 Å². The zero-order valence-corrected chi connectivity index (χ0v) is 19.5. The standard InChI is InChI=1S/C25H28F3NO5/c1-5-6-15-7-10-20(33-4)19(11-15)23(2,3)14-24(32,25(26,27)28)22(31)29-17-8-9-18-16(12-17)13-34-21(18)30/h7-12,32H,5-6,13-14H2,1-4H3,(H,29,31). The maximum atomic E-state index is 14.2. The van der Waals surface area contributed by atoms with Crippen LogP contribution in [0.4, 0.5) is 18.9 Å². The van der Waals surface area contributed by atoms with Crippen molar-refractivity contribution in [3.8, 4) is 5.75 Å². The molecule has 0 bridgehead atoms. The fourth-order valence-corrected chi connectivity index (χ4v) is 4.22. The van der Waals surface area contributed by atoms with E-state index in [-0.39, 0.29) is 17.9 Å². The number of alkyl halides is 3. The van der Waals surface area contributed by atoms with Crippen molar-refractivity contribution >= 4 is 17.6 Å². The fraction of sp³-hybridized carbons (Fsp3) is 0.440. The fourth-order valence-electron chi connectivity index (χ4n) is 4.22. The Hall–Kier alpha value is -3.07. The number of halogens is 3. The van der Waals surface area contributed by atoms with Crippen LogP contribution in [0.25, 0.3) is 0 Å². The highest BCUT2D eigenvalue weighted by atomic mass is 19.4. The summed E-state index contributed by atoms with van der Waals surface area (Å²) in [6.07, 6.45) is -4.62. The first-order valence-electron chi connectivity index (χ1n) is 10.9. The molecule has 0 fully saturated rings. The van der Waals surface area contributed by atoms with Crippen LogP contribution in [0.3, 0.4) is 0 Å². The lowest BCUT2D eigenvalue weighted by atomic mass is 9.73. The molecule has 0 spiro atoms. The Kier molecular flexibility index (Phi) is 6.98. The number of rotatable bonds is 8. The molecule has 0 aliphatic carbocycles. The molecular weight excluding hydrogens is 451 g/mol. The molecule has 0 radical (unpaired) electrons. The van der Waals surface area contributed by atoms with Crippen molar-refractivity contribution < 1.29 is 37.3 Å². The third kappa shape index (κ3) is 4.89. The molecule has 2 aromatic rings. The Morgan fingerprint density at radius 2 is 1.88 bits per heavy atom. The van der Waals surface area contributed by atoms with Crippen molar-refractivity contribution in [2.45, 2.75) is 63.8 Å². The summed E-state index contributed by atoms with van der Waals surface area (Å²) in [5, 5.41) is 13.0. The van der Waals surface area contributed by atoms with Gasteiger partial charge in [0.1, 0.15) is 12.4 Å². The highest BCUT2D eigenvalue weighted by Crippen LogP contribution is 2.44. The monoisotopic (exact) mass is 479 g/mol. The van der Waals surface area contributed by atoms with Gasteiger partial charge in [0.15, 0.2) is 0 Å². The number of esters is 1. The van der Waals surface area contributed by atoms with Gasteiger partial charge in [-0.3, -0.25) is 4.79 Å². The van der Waals surface area contributed by atoms with Crippen LogP contribution in [0, 0.1) is 0 Å². The van der Waals surface area contributed by atoms with Gasteiger partial charge in [0.05, 0.1) is 12.7 Å². The van der Waals surface area contributed by atoms with E-state index in [0.717, 1.165) is 18.4 Å². The first-order chi connectivity index (χ1) is 15.8. The second kappa shape index (κ2) is 9.29. The Labute approximate surface area is 196 Å². The molecule has 1 heterocycles. The molecule has 0 saturated carbocycles. The van der Waals surface area contributed by atoms with E-state index in [2.05, 4.69) is 5.32 Å². The molecule has 6 nitrogen and oxygen atoms in total. The molecule has 184 valence electrons. The Morgan fingerprint density at radius 3 is 2.50 bits per heavy atom. The van der Waals surface area contributed by atoms with Crippen LogP contribution in [0.1, 0.15) is 60.7 Å². The number of carbonyl (C=O) groups excluding carboxylic acids is 2. The number of amides is 1. The van der Waals surface area contributed by atoms with E-state index in [1.54, 1.807) is 12.1 Å². The third-order valence-electron chi connectivity index (χ3n) is 6.02. The van der Waals surface area contributed by atoms with Crippen molar-refractivity contribution in [3.63, 3.8) is 0 Å². The summed E-state index contributed by atoms with van der Waals surface area (Å²) in [6, 6.07) is 9.30. The SMILES string of the molecule is CCCc1ccc(OC)c(C(C)(C)CC(O)(C(=O)Nc2ccc3c(c2)COC3=O)C(F)(F)F)c1. The summed E-state index contributed by atoms with van der Waals surface area (Å²) in [5.41, 5.74) is -2.85. The number of methoxy groups -OCH3 is 1. The van der Waals surface area contributed by atoms with Crippen LogP contribution < -0.4 is 10.1 Å². The zero-order chi connectivity index (χ0) is 25.3. The molecule has 1 amide bonds. The summed E-state index contributed by atoms with van der Waals surface area (Å²) in [6.45, 7) is 5.01. The average Bonchev–Trinajstić information content (AvgIpc) is 3.12. The van der Waals surface area contributed by atoms with Gasteiger partial charge in [0.2, 0.25) is 5.60 Å². The van der Waals surface area contributed by atoms with Crippen molar-refractivity contribution in [2.24, 2.45) is 0 Å². The summed E-state index contributed by atoms with van der Waals surface area (Å²) in [7, 11) is 1.42. The number of cyclic esters (lactones) is 1. The minimum atomic E-state index is -5.25. The smallest absolute Gasteiger partial charge is 0.426 e. The van der Waals surface area contributed by atoms with E-state index in [9.17, 15) is 27.9 Å². The molecule has 2 N–H and O–H groups in total. The predicted molar refractivity (Wildman–Crippen MR) is 120 cm³/mol. The summed E-state index contributed by atoms with van der Waals surface area (Å²) >= 11 is 0. The minimum absolute atomic E-state index is 0.0186. The van der Waals surface area contributed by atoms with Crippen LogP contribution in [-0.4, -0.2) is 35.9 Å². The number of benzene rings is 2. The first kappa shape index (κ1) is 25.6. The van der Waals surface area contributed by atoms with Crippen LogP contribution in [0.5, 0.6) is 5.75 Å². The predicted octanol–water partition coefficient (Wildman–Crippen LogP) is 4.92. The highest BCUT2D eigenvalue weighted by molar-refractivity contribution is 5.99. The molecule has 1 atom stereocenters. The number of nitrogens with one attached hydrogen (secondary N) is 1. The van der Waals surface area contributed by atoms with Gasteiger partial charge < -0.3 is 19.9 Å². The van der Waals surface area contributed by atoms with Gasteiger partial charge in [-0.2, -0.15) is 13.2 Å². The largest absolute Gasteiger partial charge is 0.496 e. The number of aliphatic hydroxyl groups is 1. The van der Waals surface area contributed by atoms with E-state index in [1.807, 2.05) is 13.0 Å². The normalized spacial score (nSPS) is 15.4. The molecule has 1 aliphatic rings. The van der Waals surface area contributed by atoms with Crippen LogP contribution in [0.2, 0.25) is 0 Å². The molecular formula is C25H28F3NO5. The van der Waals surface area contributed by atoms with Crippen LogP contribution >= 0.6 is 0 Å². The van der Waals surface area contributed by atoms with Gasteiger partial charge in [-0.1, -0.05) is 39.3 Å². The van der Waals surface area contributed by atoms with E-state index < -0.39 is 35.5 Å². The summed E-state index contributed by atoms with van der Waals surface area (Å²) in [5.74, 6) is -1.78. The molecule has 1 unspecified atom stereocenters. The lowest BCUT2D eigenvalue weighted by molar-refractivity contribution is -0.254. The lowest BCUT2D eigenvalue weighted by Crippen LogP contribution is -2.57. The van der Waals surface area contributed by atoms with E-state index in [1.165, 1.54) is 39.2 Å². The average molecular weight is 479 g/mol. The van der Waals surface area contributed by atoms with Crippen molar-refractivity contribution in [3.05, 3.63) is 58.7 Å². The Bertz CT molecular complexity index is 1100. The molecule has 34 heavy (non-hydrogen) atoms. The van der Waals surface area contributed by atoms with Gasteiger partial charge in [0.25, 0.3) is 5.91 Å². The van der Waals surface area contributed by atoms with E-state index >= 15 is 0 Å². The number of fused-ring (bicyclic) bond motifs is 1. The third-order valence-corrected chi connectivity index (χ3v) is 6.02. The number of hydrogen-bond acceptors (Lipinski definition) is 5. The minimum Gasteiger partial charge on any atom is -0.496 e. The number of hydrogen-bond donors (Lipinski definition) is 2. The summed E-state index contributed by atoms with van der Waals surface area (Å²) < 4.78 is 52.7. The molecule has 0 saturated heterocycles. The number of carbonyl (C=O) groups is 2. The quantitative estimate of drug-likeness (QED) is 0.525. The van der Waals surface area contributed by atoms with E-state index in [0.29, 0.717) is 16.9 Å². The van der Waals surface area contributed by atoms with Crippen molar-refractivity contribution in [2.75, 3.05) is 12.4 Å². The highest BCUT2D eigenvalue weighted by Gasteiger charge is 2.61. The first-order valence-corrected chi connectivity index (χ1v) is 10.9. The second-order valence-electron chi connectivity index (χ2n) is 9.11. The maximum absolute atomic E-state index is 14.2. The van der Waals surface area contributed by atoms with Gasteiger partial charge in [-0.15, -0.1) is 0 Å². The molecule has 3 rings (SSSR count). The van der Waals surface area contributed by atoms with Gasteiger partial charge >= 0.3 is 12.1 Å². The molecule has 0 aromatic heterocycles. The van der Waals surface area contributed by atoms with E-state index in [4.69, 9.17) is 9.47 Å². The Morgan fingerprint density at radius 1 is 1.18 bits per heavy atom. The number of ether oxygens (including phenoxy) is 2. The zero-order valence-electron chi connectivity index (χ0n) is 19.5. The molecule has 9 heteroatoms. The lowest BCUT2D eigenvalue weighted by Gasteiger charge is -2.37. The van der Waals surface area contributed by atoms with Gasteiger partial charge in [0, 0.05) is 23.2 Å². The Balaban J connectivity index is 1.94. The topological polar surface area (TPSA) is 84.9 Å². The van der Waals surface area contributed by atoms with Crippen LogP contribution in [0.15, 0.2) is 36.4 Å². The number of aryl methyl sites for hydroxylation is 1. The maximum Gasteiger partial charge on any atom is 0.426 e. The molecule has 2 aromatic carbocycles. The van der Waals surface area contributed by atoms with Gasteiger partial charge in [-0.05, 0) is 41.7 Å². The van der Waals surface area contributed by atoms with Crippen LogP contribution in [-0.2, 0) is 28.0 Å². The number of anilines is 1. The van der Waals surface area contributed by atoms with Gasteiger partial charge in [-0.25, -0.2) is 4.79 Å². The van der Waals surface area contributed by atoms with Crippen molar-refractivity contribution in [1.29, 1.82) is 0 Å². The molecule has 1 aliphatic heterocycles.